The van der Waals surface area contributed by atoms with Gasteiger partial charge in [0.25, 0.3) is 5.82 Å². The lowest BCUT2D eigenvalue weighted by Gasteiger charge is -2.24. The quantitative estimate of drug-likeness (QED) is 0.178. The molecule has 0 atom stereocenters. The van der Waals surface area contributed by atoms with Gasteiger partial charge in [-0.25, -0.2) is 9.13 Å². The summed E-state index contributed by atoms with van der Waals surface area (Å²) < 4.78 is 14.7. The van der Waals surface area contributed by atoms with Crippen molar-refractivity contribution >= 4 is 86.8 Å². The van der Waals surface area contributed by atoms with Gasteiger partial charge in [-0.05, 0) is 32.1 Å². The molecule has 0 aliphatic carbocycles. The Labute approximate surface area is 259 Å². The van der Waals surface area contributed by atoms with E-state index < -0.39 is 0 Å². The van der Waals surface area contributed by atoms with E-state index in [0.29, 0.717) is 46.3 Å². The van der Waals surface area contributed by atoms with Gasteiger partial charge >= 0.3 is 11.9 Å². The Morgan fingerprint density at radius 2 is 1.41 bits per heavy atom. The lowest BCUT2D eigenvalue weighted by Crippen LogP contribution is -2.39. The third-order valence-corrected chi connectivity index (χ3v) is 8.11. The van der Waals surface area contributed by atoms with Crippen molar-refractivity contribution in [3.63, 3.8) is 0 Å². The van der Waals surface area contributed by atoms with E-state index in [0.717, 1.165) is 34.1 Å². The zero-order valence-corrected chi connectivity index (χ0v) is 26.2. The number of hydrogen-bond donors (Lipinski definition) is 0. The summed E-state index contributed by atoms with van der Waals surface area (Å²) >= 11 is 25.5. The van der Waals surface area contributed by atoms with Crippen LogP contribution in [0.3, 0.4) is 0 Å². The summed E-state index contributed by atoms with van der Waals surface area (Å²) in [6.07, 6.45) is 5.94. The van der Waals surface area contributed by atoms with Crippen molar-refractivity contribution in [2.24, 2.45) is 0 Å². The Kier molecular flexibility index (Phi) is 10.1. The molecule has 1 aliphatic heterocycles. The first-order valence-electron chi connectivity index (χ1n) is 13.2. The van der Waals surface area contributed by atoms with Crippen molar-refractivity contribution in [3.8, 4) is 0 Å². The number of allylic oxidation sites excluding steroid dienone is 2. The van der Waals surface area contributed by atoms with E-state index in [-0.39, 0.29) is 25.2 Å². The van der Waals surface area contributed by atoms with Gasteiger partial charge in [0.05, 0.1) is 44.6 Å². The number of benzene rings is 2. The number of fused-ring (bicyclic) bond motifs is 2. The smallest absolute Gasteiger partial charge is 0.302 e. The van der Waals surface area contributed by atoms with E-state index in [4.69, 9.17) is 55.9 Å². The Hall–Kier alpha value is -2.91. The number of halogens is 4. The van der Waals surface area contributed by atoms with Crippen LogP contribution in [0.4, 0.5) is 11.4 Å². The molecular formula is C29H31Cl4N4O4+. The second-order valence-corrected chi connectivity index (χ2v) is 10.9. The molecule has 3 aromatic rings. The fourth-order valence-corrected chi connectivity index (χ4v) is 5.61. The van der Waals surface area contributed by atoms with Crippen LogP contribution in [0.2, 0.25) is 20.1 Å². The summed E-state index contributed by atoms with van der Waals surface area (Å²) in [6.45, 7) is 9.46. The Balaban J connectivity index is 1.79. The number of carbonyl (C=O) groups excluding carboxylic acids is 2. The first kappa shape index (κ1) is 31.0. The molecule has 1 aliphatic rings. The summed E-state index contributed by atoms with van der Waals surface area (Å²) in [5, 5.41) is 1.79. The number of carbonyl (C=O) groups is 2. The van der Waals surface area contributed by atoms with Gasteiger partial charge in [-0.1, -0.05) is 52.5 Å². The monoisotopic (exact) mass is 639 g/mol. The number of aromatic nitrogens is 2. The summed E-state index contributed by atoms with van der Waals surface area (Å²) in [4.78, 5) is 27.1. The number of anilines is 2. The van der Waals surface area contributed by atoms with E-state index in [1.807, 2.05) is 56.3 Å². The van der Waals surface area contributed by atoms with Crippen LogP contribution in [-0.4, -0.2) is 42.8 Å². The van der Waals surface area contributed by atoms with Crippen LogP contribution in [0.1, 0.15) is 33.5 Å². The van der Waals surface area contributed by atoms with Crippen molar-refractivity contribution < 1.29 is 23.6 Å². The maximum atomic E-state index is 11.4. The van der Waals surface area contributed by atoms with Gasteiger partial charge in [0.2, 0.25) is 0 Å². The van der Waals surface area contributed by atoms with Crippen LogP contribution in [0.25, 0.3) is 17.1 Å². The topological polar surface area (TPSA) is 67.9 Å². The van der Waals surface area contributed by atoms with Gasteiger partial charge in [0.15, 0.2) is 11.0 Å². The minimum atomic E-state index is -0.345. The molecule has 0 amide bonds. The van der Waals surface area contributed by atoms with Crippen molar-refractivity contribution in [1.82, 2.24) is 4.57 Å². The molecule has 0 saturated heterocycles. The molecule has 0 unspecified atom stereocenters. The Morgan fingerprint density at radius 3 is 2.02 bits per heavy atom. The van der Waals surface area contributed by atoms with Crippen LogP contribution >= 0.6 is 46.4 Å². The molecule has 2 heterocycles. The maximum absolute atomic E-state index is 11.4. The molecule has 8 nitrogen and oxygen atoms in total. The van der Waals surface area contributed by atoms with E-state index in [1.54, 1.807) is 0 Å². The molecule has 0 bridgehead atoms. The highest BCUT2D eigenvalue weighted by molar-refractivity contribution is 6.43. The van der Waals surface area contributed by atoms with E-state index in [9.17, 15) is 9.59 Å². The maximum Gasteiger partial charge on any atom is 0.302 e. The van der Waals surface area contributed by atoms with Gasteiger partial charge < -0.3 is 19.3 Å². The molecular weight excluding hydrogens is 610 g/mol. The molecule has 41 heavy (non-hydrogen) atoms. The first-order chi connectivity index (χ1) is 19.6. The summed E-state index contributed by atoms with van der Waals surface area (Å²) in [5.41, 5.74) is 3.56. The van der Waals surface area contributed by atoms with E-state index >= 15 is 0 Å². The molecule has 0 saturated carbocycles. The average molecular weight is 641 g/mol. The molecule has 4 rings (SSSR count). The van der Waals surface area contributed by atoms with E-state index in [2.05, 4.69) is 18.9 Å². The lowest BCUT2D eigenvalue weighted by atomic mass is 10.2. The molecule has 0 radical (unpaired) electrons. The highest BCUT2D eigenvalue weighted by Crippen LogP contribution is 2.45. The van der Waals surface area contributed by atoms with Crippen LogP contribution in [0.5, 0.6) is 0 Å². The highest BCUT2D eigenvalue weighted by atomic mass is 35.5. The summed E-state index contributed by atoms with van der Waals surface area (Å²) in [5.74, 6) is 1.06. The van der Waals surface area contributed by atoms with Crippen molar-refractivity contribution in [1.29, 1.82) is 0 Å². The van der Waals surface area contributed by atoms with Crippen molar-refractivity contribution in [2.45, 2.75) is 40.8 Å². The molecule has 0 spiro atoms. The number of ether oxygens (including phenoxy) is 2. The number of hydrogen-bond acceptors (Lipinski definition) is 6. The number of esters is 2. The third-order valence-electron chi connectivity index (χ3n) is 6.67. The Bertz CT molecular complexity index is 1550. The summed E-state index contributed by atoms with van der Waals surface area (Å²) in [6, 6.07) is 7.34. The fraction of sp³-hybridized carbons (Fsp3) is 0.345. The number of nitrogens with zero attached hydrogens (tertiary/aromatic N) is 4. The molecule has 0 N–H and O–H groups in total. The van der Waals surface area contributed by atoms with Crippen molar-refractivity contribution in [2.75, 3.05) is 36.1 Å². The van der Waals surface area contributed by atoms with E-state index in [1.165, 1.54) is 13.8 Å². The number of aryl methyl sites for hydroxylation is 1. The first-order valence-corrected chi connectivity index (χ1v) is 14.7. The average Bonchev–Trinajstić information content (AvgIpc) is 3.34. The van der Waals surface area contributed by atoms with Crippen LogP contribution in [0.15, 0.2) is 42.2 Å². The van der Waals surface area contributed by atoms with Gasteiger partial charge in [-0.15, -0.1) is 0 Å². The van der Waals surface area contributed by atoms with Gasteiger partial charge in [-0.3, -0.25) is 9.59 Å². The standard InChI is InChI=1S/C29H31Cl4N4O4/c1-5-34-24-14-20(30)22(32)16-26(24)36(10-12-40-18(3)38)28(34)8-7-9-29-35(6-2)25-15-21(31)23(33)17-27(25)37(29)11-13-41-19(4)39/h7-9,14-17H,5-6,10-13H2,1-4H3/q+1. The van der Waals surface area contributed by atoms with Crippen LogP contribution < -0.4 is 14.4 Å². The van der Waals surface area contributed by atoms with Crippen molar-refractivity contribution in [3.05, 3.63) is 68.2 Å². The summed E-state index contributed by atoms with van der Waals surface area (Å²) in [7, 11) is 0. The zero-order valence-electron chi connectivity index (χ0n) is 23.2. The van der Waals surface area contributed by atoms with Gasteiger partial charge in [-0.2, -0.15) is 0 Å². The molecule has 1 aromatic heterocycles. The fourth-order valence-electron chi connectivity index (χ4n) is 4.98. The lowest BCUT2D eigenvalue weighted by molar-refractivity contribution is -0.675. The molecule has 12 heteroatoms. The minimum absolute atomic E-state index is 0.204. The third kappa shape index (κ3) is 6.61. The minimum Gasteiger partial charge on any atom is -0.464 e. The Morgan fingerprint density at radius 1 is 0.829 bits per heavy atom. The second-order valence-electron chi connectivity index (χ2n) is 9.22. The largest absolute Gasteiger partial charge is 0.464 e. The van der Waals surface area contributed by atoms with Crippen LogP contribution in [0, 0.1) is 0 Å². The normalized spacial score (nSPS) is 14.0. The highest BCUT2D eigenvalue weighted by Gasteiger charge is 2.31. The molecule has 218 valence electrons. The molecule has 0 fully saturated rings. The molecule has 2 aromatic carbocycles. The predicted octanol–water partition coefficient (Wildman–Crippen LogP) is 6.89. The van der Waals surface area contributed by atoms with Gasteiger partial charge in [0, 0.05) is 38.6 Å². The SMILES string of the molecule is CCN1/C(=C/C=C/c2n(CC)c3cc(Cl)c(Cl)cc3[n+]2CCOC(C)=O)N(CCOC(C)=O)c2cc(Cl)c(Cl)cc21. The second kappa shape index (κ2) is 13.4. The predicted molar refractivity (Wildman–Crippen MR) is 165 cm³/mol. The zero-order chi connectivity index (χ0) is 29.8. The van der Waals surface area contributed by atoms with Crippen LogP contribution in [-0.2, 0) is 32.2 Å². The van der Waals surface area contributed by atoms with Gasteiger partial charge in [0.1, 0.15) is 25.6 Å². The number of rotatable bonds is 10. The number of imidazole rings is 1.